The Balaban J connectivity index is 1.76. The Morgan fingerprint density at radius 2 is 2.15 bits per heavy atom. The van der Waals surface area contributed by atoms with E-state index in [9.17, 15) is 0 Å². The smallest absolute Gasteiger partial charge is 0.0962 e. The van der Waals surface area contributed by atoms with E-state index < -0.39 is 0 Å². The highest BCUT2D eigenvalue weighted by atomic mass is 32.1. The molecule has 1 aliphatic heterocycles. The Bertz CT molecular complexity index is 655. The number of fused-ring (bicyclic) bond motifs is 1. The van der Waals surface area contributed by atoms with Crippen molar-refractivity contribution in [3.8, 4) is 10.4 Å². The summed E-state index contributed by atoms with van der Waals surface area (Å²) in [5, 5.41) is 1.34. The highest BCUT2D eigenvalue weighted by Crippen LogP contribution is 2.44. The van der Waals surface area contributed by atoms with Crippen LogP contribution in [0.4, 0.5) is 5.69 Å². The Labute approximate surface area is 124 Å². The first kappa shape index (κ1) is 12.4. The van der Waals surface area contributed by atoms with Crippen LogP contribution in [0.3, 0.4) is 0 Å². The third-order valence-corrected chi connectivity index (χ3v) is 5.69. The third kappa shape index (κ3) is 2.05. The summed E-state index contributed by atoms with van der Waals surface area (Å²) in [6.07, 6.45) is 7.23. The number of aromatic nitrogens is 1. The minimum Gasteiger partial charge on any atom is -0.374 e. The summed E-state index contributed by atoms with van der Waals surface area (Å²) in [6.45, 7) is 3.41. The summed E-state index contributed by atoms with van der Waals surface area (Å²) in [5.74, 6) is 0.762. The Hall–Kier alpha value is -1.35. The SMILES string of the molecule is Cc1cc2c(cc1-c1cnc(C3CC3)s1)CCCN2C. The molecule has 2 aromatic rings. The Kier molecular flexibility index (Phi) is 2.84. The molecule has 0 N–H and O–H groups in total. The van der Waals surface area contributed by atoms with Crippen molar-refractivity contribution in [2.45, 2.75) is 38.5 Å². The van der Waals surface area contributed by atoms with E-state index in [0.29, 0.717) is 0 Å². The van der Waals surface area contributed by atoms with Crippen molar-refractivity contribution < 1.29 is 0 Å². The van der Waals surface area contributed by atoms with Gasteiger partial charge in [-0.3, -0.25) is 0 Å². The Morgan fingerprint density at radius 1 is 1.30 bits per heavy atom. The van der Waals surface area contributed by atoms with Crippen molar-refractivity contribution in [3.63, 3.8) is 0 Å². The summed E-state index contributed by atoms with van der Waals surface area (Å²) < 4.78 is 0. The predicted octanol–water partition coefficient (Wildman–Crippen LogP) is 4.38. The first-order chi connectivity index (χ1) is 9.72. The van der Waals surface area contributed by atoms with Crippen LogP contribution in [0.1, 0.15) is 41.3 Å². The average molecular weight is 284 g/mol. The lowest BCUT2D eigenvalue weighted by Gasteiger charge is -2.28. The van der Waals surface area contributed by atoms with Gasteiger partial charge < -0.3 is 4.90 Å². The minimum atomic E-state index is 0.762. The van der Waals surface area contributed by atoms with Crippen LogP contribution in [0.2, 0.25) is 0 Å². The molecular formula is C17H20N2S. The van der Waals surface area contributed by atoms with E-state index in [4.69, 9.17) is 0 Å². The van der Waals surface area contributed by atoms with E-state index >= 15 is 0 Å². The molecule has 1 fully saturated rings. The normalized spacial score (nSPS) is 18.2. The monoisotopic (exact) mass is 284 g/mol. The molecule has 0 unspecified atom stereocenters. The zero-order chi connectivity index (χ0) is 13.7. The fraction of sp³-hybridized carbons (Fsp3) is 0.471. The number of hydrogen-bond acceptors (Lipinski definition) is 3. The molecule has 0 atom stereocenters. The van der Waals surface area contributed by atoms with Crippen LogP contribution in [-0.4, -0.2) is 18.6 Å². The number of anilines is 1. The highest BCUT2D eigenvalue weighted by Gasteiger charge is 2.27. The summed E-state index contributed by atoms with van der Waals surface area (Å²) in [6, 6.07) is 4.77. The number of nitrogens with zero attached hydrogens (tertiary/aromatic N) is 2. The second-order valence-electron chi connectivity index (χ2n) is 6.16. The fourth-order valence-electron chi connectivity index (χ4n) is 3.12. The molecule has 20 heavy (non-hydrogen) atoms. The van der Waals surface area contributed by atoms with Gasteiger partial charge in [-0.25, -0.2) is 4.98 Å². The van der Waals surface area contributed by atoms with Crippen LogP contribution in [0.25, 0.3) is 10.4 Å². The number of benzene rings is 1. The van der Waals surface area contributed by atoms with Gasteiger partial charge in [0.15, 0.2) is 0 Å². The van der Waals surface area contributed by atoms with Crippen LogP contribution >= 0.6 is 11.3 Å². The molecule has 1 aromatic heterocycles. The highest BCUT2D eigenvalue weighted by molar-refractivity contribution is 7.15. The predicted molar refractivity (Wildman–Crippen MR) is 85.9 cm³/mol. The van der Waals surface area contributed by atoms with Gasteiger partial charge in [0.2, 0.25) is 0 Å². The average Bonchev–Trinajstić information content (AvgIpc) is 3.18. The van der Waals surface area contributed by atoms with Crippen molar-refractivity contribution in [1.29, 1.82) is 0 Å². The summed E-state index contributed by atoms with van der Waals surface area (Å²) in [4.78, 5) is 8.37. The third-order valence-electron chi connectivity index (χ3n) is 4.49. The standard InChI is InChI=1S/C17H20N2S/c1-11-8-15-13(4-3-7-19(15)2)9-14(11)16-10-18-17(20-16)12-5-6-12/h8-10,12H,3-7H2,1-2H3. The molecule has 3 heteroatoms. The molecule has 2 heterocycles. The second-order valence-corrected chi connectivity index (χ2v) is 7.22. The van der Waals surface area contributed by atoms with Gasteiger partial charge in [0.05, 0.1) is 9.88 Å². The molecule has 0 bridgehead atoms. The molecule has 2 nitrogen and oxygen atoms in total. The number of aryl methyl sites for hydroxylation is 2. The van der Waals surface area contributed by atoms with Crippen LogP contribution in [0.15, 0.2) is 18.3 Å². The van der Waals surface area contributed by atoms with Crippen LogP contribution in [-0.2, 0) is 6.42 Å². The minimum absolute atomic E-state index is 0.762. The van der Waals surface area contributed by atoms with Crippen LogP contribution in [0, 0.1) is 6.92 Å². The van der Waals surface area contributed by atoms with Gasteiger partial charge >= 0.3 is 0 Å². The molecule has 104 valence electrons. The van der Waals surface area contributed by atoms with Gasteiger partial charge in [-0.2, -0.15) is 0 Å². The topological polar surface area (TPSA) is 16.1 Å². The fourth-order valence-corrected chi connectivity index (χ4v) is 4.29. The van der Waals surface area contributed by atoms with E-state index in [0.717, 1.165) is 5.92 Å². The molecule has 1 aliphatic carbocycles. The zero-order valence-corrected chi connectivity index (χ0v) is 13.0. The first-order valence-corrected chi connectivity index (χ1v) is 8.35. The summed E-state index contributed by atoms with van der Waals surface area (Å²) in [7, 11) is 2.20. The van der Waals surface area contributed by atoms with Crippen molar-refractivity contribution in [2.24, 2.45) is 0 Å². The van der Waals surface area contributed by atoms with Crippen molar-refractivity contribution in [1.82, 2.24) is 4.98 Å². The van der Waals surface area contributed by atoms with E-state index in [1.165, 1.54) is 64.5 Å². The Morgan fingerprint density at radius 3 is 2.95 bits per heavy atom. The van der Waals surface area contributed by atoms with Crippen molar-refractivity contribution in [2.75, 3.05) is 18.5 Å². The molecule has 1 aromatic carbocycles. The van der Waals surface area contributed by atoms with Gasteiger partial charge in [0.1, 0.15) is 0 Å². The number of rotatable bonds is 2. The van der Waals surface area contributed by atoms with E-state index in [2.05, 4.69) is 42.2 Å². The molecule has 2 aliphatic rings. The van der Waals surface area contributed by atoms with Gasteiger partial charge in [0.25, 0.3) is 0 Å². The quantitative estimate of drug-likeness (QED) is 0.813. The lowest BCUT2D eigenvalue weighted by Crippen LogP contribution is -2.24. The summed E-state index contributed by atoms with van der Waals surface area (Å²) >= 11 is 1.90. The molecule has 1 saturated carbocycles. The second kappa shape index (κ2) is 4.59. The zero-order valence-electron chi connectivity index (χ0n) is 12.1. The summed E-state index contributed by atoms with van der Waals surface area (Å²) in [5.41, 5.74) is 5.69. The first-order valence-electron chi connectivity index (χ1n) is 7.53. The van der Waals surface area contributed by atoms with Gasteiger partial charge in [0, 0.05) is 31.4 Å². The maximum Gasteiger partial charge on any atom is 0.0962 e. The molecule has 0 radical (unpaired) electrons. The molecule has 0 saturated heterocycles. The van der Waals surface area contributed by atoms with Gasteiger partial charge in [-0.05, 0) is 61.4 Å². The lowest BCUT2D eigenvalue weighted by molar-refractivity contribution is 0.744. The van der Waals surface area contributed by atoms with Gasteiger partial charge in [-0.15, -0.1) is 11.3 Å². The number of thiazole rings is 1. The largest absolute Gasteiger partial charge is 0.374 e. The van der Waals surface area contributed by atoms with E-state index in [-0.39, 0.29) is 0 Å². The maximum atomic E-state index is 4.63. The van der Waals surface area contributed by atoms with Crippen molar-refractivity contribution in [3.05, 3.63) is 34.5 Å². The molecule has 0 amide bonds. The molecule has 0 spiro atoms. The maximum absolute atomic E-state index is 4.63. The van der Waals surface area contributed by atoms with Crippen molar-refractivity contribution >= 4 is 17.0 Å². The lowest BCUT2D eigenvalue weighted by atomic mass is 9.96. The number of hydrogen-bond donors (Lipinski definition) is 0. The molecule has 4 rings (SSSR count). The van der Waals surface area contributed by atoms with E-state index in [1.54, 1.807) is 0 Å². The molecular weight excluding hydrogens is 264 g/mol. The van der Waals surface area contributed by atoms with Crippen LogP contribution < -0.4 is 4.90 Å². The van der Waals surface area contributed by atoms with E-state index in [1.807, 2.05) is 11.3 Å². The van der Waals surface area contributed by atoms with Crippen LogP contribution in [0.5, 0.6) is 0 Å². The van der Waals surface area contributed by atoms with Gasteiger partial charge in [-0.1, -0.05) is 0 Å².